The molecule has 3 rings (SSSR count). The maximum absolute atomic E-state index is 9.71. The number of rotatable bonds is 8. The molecular weight excluding hydrogens is 548 g/mol. The number of aromatic hydroxyl groups is 1. The van der Waals surface area contributed by atoms with E-state index in [0.29, 0.717) is 45.9 Å². The molecule has 0 spiro atoms. The van der Waals surface area contributed by atoms with Crippen molar-refractivity contribution in [3.05, 3.63) is 78.2 Å². The highest BCUT2D eigenvalue weighted by Gasteiger charge is 2.14. The third-order valence-electron chi connectivity index (χ3n) is 4.35. The zero-order valence-electron chi connectivity index (χ0n) is 16.3. The highest BCUT2D eigenvalue weighted by atomic mass is 79.9. The second-order valence-corrected chi connectivity index (χ2v) is 8.94. The molecule has 2 N–H and O–H groups in total. The van der Waals surface area contributed by atoms with Gasteiger partial charge in [0.15, 0.2) is 17.2 Å². The van der Waals surface area contributed by atoms with Crippen molar-refractivity contribution in [2.75, 3.05) is 11.9 Å². The van der Waals surface area contributed by atoms with Gasteiger partial charge in [-0.25, -0.2) is 0 Å². The molecule has 3 aromatic rings. The molecule has 0 aliphatic rings. The molecule has 0 bridgehead atoms. The van der Waals surface area contributed by atoms with Crippen LogP contribution in [0.1, 0.15) is 18.1 Å². The van der Waals surface area contributed by atoms with Crippen molar-refractivity contribution in [3.8, 4) is 17.2 Å². The molecule has 0 saturated carbocycles. The molecule has 164 valence electrons. The van der Waals surface area contributed by atoms with Crippen molar-refractivity contribution in [2.24, 2.45) is 0 Å². The van der Waals surface area contributed by atoms with Gasteiger partial charge in [0.2, 0.25) is 0 Å². The lowest BCUT2D eigenvalue weighted by Gasteiger charge is -2.17. The monoisotopic (exact) mass is 563 g/mol. The molecule has 0 fully saturated rings. The summed E-state index contributed by atoms with van der Waals surface area (Å²) in [6.45, 7) is 3.03. The summed E-state index contributed by atoms with van der Waals surface area (Å²) < 4.78 is 12.6. The van der Waals surface area contributed by atoms with Gasteiger partial charge < -0.3 is 19.9 Å². The van der Waals surface area contributed by atoms with Gasteiger partial charge in [0, 0.05) is 32.3 Å². The van der Waals surface area contributed by atoms with Crippen LogP contribution in [0, 0.1) is 0 Å². The number of benzene rings is 3. The Kier molecular flexibility index (Phi) is 8.48. The largest absolute Gasteiger partial charge is 0.505 e. The van der Waals surface area contributed by atoms with Crippen LogP contribution >= 0.6 is 62.3 Å². The minimum Gasteiger partial charge on any atom is -0.505 e. The normalized spacial score (nSPS) is 10.8. The lowest BCUT2D eigenvalue weighted by atomic mass is 10.2. The Bertz CT molecular complexity index is 1050. The number of hydrogen-bond acceptors (Lipinski definition) is 4. The van der Waals surface area contributed by atoms with Gasteiger partial charge in [-0.1, -0.05) is 68.4 Å². The third-order valence-corrected chi connectivity index (χ3v) is 6.37. The molecule has 0 aliphatic carbocycles. The predicted molar refractivity (Wildman–Crippen MR) is 132 cm³/mol. The van der Waals surface area contributed by atoms with Gasteiger partial charge in [-0.3, -0.25) is 0 Å². The molecule has 0 saturated heterocycles. The second-order valence-electron chi connectivity index (χ2n) is 6.45. The number of hydrogen-bond donors (Lipinski definition) is 2. The van der Waals surface area contributed by atoms with Crippen molar-refractivity contribution >= 4 is 68.0 Å². The van der Waals surface area contributed by atoms with E-state index in [0.717, 1.165) is 10.0 Å². The molecule has 0 unspecified atom stereocenters. The van der Waals surface area contributed by atoms with Gasteiger partial charge in [0.25, 0.3) is 0 Å². The van der Waals surface area contributed by atoms with Crippen molar-refractivity contribution in [1.29, 1.82) is 0 Å². The van der Waals surface area contributed by atoms with Crippen molar-refractivity contribution < 1.29 is 14.6 Å². The lowest BCUT2D eigenvalue weighted by molar-refractivity contribution is 0.269. The lowest BCUT2D eigenvalue weighted by Crippen LogP contribution is -2.04. The molecule has 0 heterocycles. The number of halogens is 5. The maximum atomic E-state index is 9.71. The average molecular weight is 566 g/mol. The van der Waals surface area contributed by atoms with E-state index in [1.54, 1.807) is 30.3 Å². The first-order chi connectivity index (χ1) is 14.8. The zero-order valence-corrected chi connectivity index (χ0v) is 20.9. The van der Waals surface area contributed by atoms with Crippen LogP contribution < -0.4 is 14.8 Å². The number of phenolic OH excluding ortho intramolecular Hbond substituents is 1. The highest BCUT2D eigenvalue weighted by molar-refractivity contribution is 9.10. The Morgan fingerprint density at radius 2 is 1.52 bits per heavy atom. The van der Waals surface area contributed by atoms with Gasteiger partial charge in [0.1, 0.15) is 6.61 Å². The second kappa shape index (κ2) is 10.9. The van der Waals surface area contributed by atoms with Gasteiger partial charge in [-0.15, -0.1) is 0 Å². The van der Waals surface area contributed by atoms with E-state index in [4.69, 9.17) is 55.9 Å². The number of nitrogens with one attached hydrogen (secondary N) is 1. The molecule has 0 atom stereocenters. The van der Waals surface area contributed by atoms with Crippen LogP contribution in [0.5, 0.6) is 17.2 Å². The molecule has 0 radical (unpaired) electrons. The average Bonchev–Trinajstić information content (AvgIpc) is 2.72. The van der Waals surface area contributed by atoms with E-state index in [1.165, 1.54) is 0 Å². The number of phenols is 1. The van der Waals surface area contributed by atoms with Crippen LogP contribution in [-0.4, -0.2) is 11.7 Å². The summed E-state index contributed by atoms with van der Waals surface area (Å²) in [5, 5.41) is 14.4. The van der Waals surface area contributed by atoms with E-state index >= 15 is 0 Å². The highest BCUT2D eigenvalue weighted by Crippen LogP contribution is 2.37. The van der Waals surface area contributed by atoms with Crippen molar-refractivity contribution in [2.45, 2.75) is 20.1 Å². The fourth-order valence-electron chi connectivity index (χ4n) is 2.78. The van der Waals surface area contributed by atoms with Crippen molar-refractivity contribution in [1.82, 2.24) is 0 Å². The van der Waals surface area contributed by atoms with Crippen LogP contribution in [0.15, 0.2) is 46.9 Å². The predicted octanol–water partition coefficient (Wildman–Crippen LogP) is 8.36. The first-order valence-electron chi connectivity index (χ1n) is 9.23. The van der Waals surface area contributed by atoms with Crippen LogP contribution in [0.2, 0.25) is 20.1 Å². The molecule has 9 heteroatoms. The third kappa shape index (κ3) is 6.05. The molecular formula is C22H18BrCl4NO3. The summed E-state index contributed by atoms with van der Waals surface area (Å²) >= 11 is 28.0. The summed E-state index contributed by atoms with van der Waals surface area (Å²) in [7, 11) is 0. The maximum Gasteiger partial charge on any atom is 0.162 e. The van der Waals surface area contributed by atoms with E-state index in [1.807, 2.05) is 19.1 Å². The molecule has 4 nitrogen and oxygen atoms in total. The van der Waals surface area contributed by atoms with Crippen LogP contribution in [0.4, 0.5) is 5.69 Å². The smallest absolute Gasteiger partial charge is 0.162 e. The van der Waals surface area contributed by atoms with Gasteiger partial charge in [0.05, 0.1) is 16.7 Å². The summed E-state index contributed by atoms with van der Waals surface area (Å²) in [5.74, 6) is 1.01. The van der Waals surface area contributed by atoms with Crippen LogP contribution in [0.3, 0.4) is 0 Å². The Morgan fingerprint density at radius 1 is 0.903 bits per heavy atom. The van der Waals surface area contributed by atoms with E-state index in [9.17, 15) is 5.11 Å². The first kappa shape index (κ1) is 24.1. The fourth-order valence-corrected chi connectivity index (χ4v) is 4.23. The summed E-state index contributed by atoms with van der Waals surface area (Å²) in [5.41, 5.74) is 2.30. The fraction of sp³-hybridized carbons (Fsp3) is 0.182. The van der Waals surface area contributed by atoms with Crippen LogP contribution in [-0.2, 0) is 13.2 Å². The topological polar surface area (TPSA) is 50.7 Å². The minimum absolute atomic E-state index is 0.145. The van der Waals surface area contributed by atoms with Gasteiger partial charge in [-0.2, -0.15) is 0 Å². The summed E-state index contributed by atoms with van der Waals surface area (Å²) in [4.78, 5) is 0. The van der Waals surface area contributed by atoms with Crippen molar-refractivity contribution in [3.63, 3.8) is 0 Å². The van der Waals surface area contributed by atoms with E-state index in [2.05, 4.69) is 21.2 Å². The van der Waals surface area contributed by atoms with E-state index in [-0.39, 0.29) is 22.4 Å². The van der Waals surface area contributed by atoms with E-state index < -0.39 is 0 Å². The standard InChI is InChI=1S/C22H18BrCl4NO3/c1-2-30-20-6-12(10-28-13-7-18(26)22(29)19(27)8-13)15(23)9-21(20)31-11-14-16(24)4-3-5-17(14)25/h3-9,28-29H,2,10-11H2,1H3. The zero-order chi connectivity index (χ0) is 22.5. The Labute approximate surface area is 209 Å². The number of anilines is 1. The molecule has 0 aromatic heterocycles. The Balaban J connectivity index is 1.80. The van der Waals surface area contributed by atoms with Gasteiger partial charge >= 0.3 is 0 Å². The Morgan fingerprint density at radius 3 is 2.13 bits per heavy atom. The molecule has 0 amide bonds. The first-order valence-corrected chi connectivity index (χ1v) is 11.5. The SMILES string of the molecule is CCOc1cc(CNc2cc(Cl)c(O)c(Cl)c2)c(Br)cc1OCc1c(Cl)cccc1Cl. The quantitative estimate of drug-likeness (QED) is 0.269. The molecule has 3 aromatic carbocycles. The summed E-state index contributed by atoms with van der Waals surface area (Å²) in [6.07, 6.45) is 0. The minimum atomic E-state index is -0.145. The molecule has 0 aliphatic heterocycles. The summed E-state index contributed by atoms with van der Waals surface area (Å²) in [6, 6.07) is 12.2. The van der Waals surface area contributed by atoms with Crippen LogP contribution in [0.25, 0.3) is 0 Å². The Hall–Kier alpha value is -1.50. The van der Waals surface area contributed by atoms with Gasteiger partial charge in [-0.05, 0) is 48.9 Å². The number of ether oxygens (including phenoxy) is 2. The molecule has 31 heavy (non-hydrogen) atoms.